The van der Waals surface area contributed by atoms with Crippen molar-refractivity contribution in [1.29, 1.82) is 0 Å². The quantitative estimate of drug-likeness (QED) is 0.645. The van der Waals surface area contributed by atoms with Crippen molar-refractivity contribution < 1.29 is 4.74 Å². The maximum atomic E-state index is 5.21. The Kier molecular flexibility index (Phi) is 4.75. The molecular weight excluding hydrogens is 282 g/mol. The third kappa shape index (κ3) is 4.01. The van der Waals surface area contributed by atoms with Crippen molar-refractivity contribution in [3.63, 3.8) is 0 Å². The van der Waals surface area contributed by atoms with Gasteiger partial charge in [0, 0.05) is 11.4 Å². The second-order valence-corrected chi connectivity index (χ2v) is 5.19. The molecule has 3 aromatic rings. The summed E-state index contributed by atoms with van der Waals surface area (Å²) in [5.41, 5.74) is 4.39. The minimum absolute atomic E-state index is 0.851. The lowest BCUT2D eigenvalue weighted by Crippen LogP contribution is -1.99. The maximum absolute atomic E-state index is 5.21. The first-order chi connectivity index (χ1) is 11.3. The van der Waals surface area contributed by atoms with Gasteiger partial charge in [-0.15, -0.1) is 0 Å². The summed E-state index contributed by atoms with van der Waals surface area (Å²) >= 11 is 0. The molecule has 3 aromatic carbocycles. The Hall–Kier alpha value is -3.00. The fraction of sp³-hybridized carbons (Fsp3) is 0.0476. The van der Waals surface area contributed by atoms with Gasteiger partial charge in [-0.25, -0.2) is 0 Å². The highest BCUT2D eigenvalue weighted by Gasteiger charge is 2.03. The zero-order valence-corrected chi connectivity index (χ0v) is 13.1. The van der Waals surface area contributed by atoms with E-state index in [2.05, 4.69) is 35.7 Å². The van der Waals surface area contributed by atoms with E-state index in [-0.39, 0.29) is 0 Å². The zero-order chi connectivity index (χ0) is 15.9. The van der Waals surface area contributed by atoms with Crippen LogP contribution in [0.15, 0.2) is 84.9 Å². The van der Waals surface area contributed by atoms with Crippen LogP contribution in [0.2, 0.25) is 0 Å². The van der Waals surface area contributed by atoms with Crippen LogP contribution in [0.25, 0.3) is 11.8 Å². The van der Waals surface area contributed by atoms with E-state index in [0.29, 0.717) is 0 Å². The minimum atomic E-state index is 0.851. The highest BCUT2D eigenvalue weighted by Crippen LogP contribution is 2.23. The summed E-state index contributed by atoms with van der Waals surface area (Å²) in [4.78, 5) is 0. The van der Waals surface area contributed by atoms with E-state index < -0.39 is 0 Å². The van der Waals surface area contributed by atoms with Crippen molar-refractivity contribution in [1.82, 2.24) is 0 Å². The van der Waals surface area contributed by atoms with Crippen LogP contribution in [0.1, 0.15) is 11.1 Å². The fourth-order valence-electron chi connectivity index (χ4n) is 2.36. The SMILES string of the molecule is COc1ccc(N/C(=C\c2ccccc2)c2ccccc2)cc1. The van der Waals surface area contributed by atoms with Gasteiger partial charge in [-0.3, -0.25) is 0 Å². The van der Waals surface area contributed by atoms with Crippen molar-refractivity contribution in [3.8, 4) is 5.75 Å². The first kappa shape index (κ1) is 14.9. The van der Waals surface area contributed by atoms with E-state index in [0.717, 1.165) is 28.3 Å². The number of hydrogen-bond donors (Lipinski definition) is 1. The van der Waals surface area contributed by atoms with E-state index in [4.69, 9.17) is 4.74 Å². The molecule has 0 aliphatic heterocycles. The molecule has 0 fully saturated rings. The first-order valence-corrected chi connectivity index (χ1v) is 7.58. The van der Waals surface area contributed by atoms with Gasteiger partial charge in [-0.05, 0) is 41.5 Å². The molecule has 0 saturated carbocycles. The summed E-state index contributed by atoms with van der Waals surface area (Å²) in [5.74, 6) is 0.851. The molecule has 0 bridgehead atoms. The van der Waals surface area contributed by atoms with Gasteiger partial charge in [0.25, 0.3) is 0 Å². The van der Waals surface area contributed by atoms with Crippen LogP contribution < -0.4 is 10.1 Å². The van der Waals surface area contributed by atoms with E-state index in [1.165, 1.54) is 0 Å². The van der Waals surface area contributed by atoms with Crippen molar-refractivity contribution in [2.24, 2.45) is 0 Å². The van der Waals surface area contributed by atoms with Crippen LogP contribution in [0.5, 0.6) is 5.75 Å². The average molecular weight is 301 g/mol. The molecule has 114 valence electrons. The molecule has 0 aliphatic carbocycles. The Morgan fingerprint density at radius 3 is 2.00 bits per heavy atom. The monoisotopic (exact) mass is 301 g/mol. The summed E-state index contributed by atoms with van der Waals surface area (Å²) in [6.07, 6.45) is 2.15. The van der Waals surface area contributed by atoms with Crippen LogP contribution >= 0.6 is 0 Å². The minimum Gasteiger partial charge on any atom is -0.497 e. The molecule has 2 nitrogen and oxygen atoms in total. The van der Waals surface area contributed by atoms with Gasteiger partial charge in [0.05, 0.1) is 7.11 Å². The molecule has 0 aromatic heterocycles. The molecule has 0 saturated heterocycles. The number of benzene rings is 3. The van der Waals surface area contributed by atoms with Crippen molar-refractivity contribution in [2.45, 2.75) is 0 Å². The number of anilines is 1. The molecular formula is C21H19NO. The molecule has 0 heterocycles. The molecule has 0 atom stereocenters. The largest absolute Gasteiger partial charge is 0.497 e. The lowest BCUT2D eigenvalue weighted by atomic mass is 10.1. The van der Waals surface area contributed by atoms with Crippen LogP contribution in [0.3, 0.4) is 0 Å². The Balaban J connectivity index is 1.93. The van der Waals surface area contributed by atoms with Gasteiger partial charge in [0.15, 0.2) is 0 Å². The second kappa shape index (κ2) is 7.32. The third-order valence-electron chi connectivity index (χ3n) is 3.56. The Morgan fingerprint density at radius 2 is 1.39 bits per heavy atom. The lowest BCUT2D eigenvalue weighted by Gasteiger charge is -2.12. The summed E-state index contributed by atoms with van der Waals surface area (Å²) in [5, 5.41) is 3.50. The third-order valence-corrected chi connectivity index (χ3v) is 3.56. The number of methoxy groups -OCH3 is 1. The average Bonchev–Trinajstić information content (AvgIpc) is 2.63. The molecule has 0 aliphatic rings. The summed E-state index contributed by atoms with van der Waals surface area (Å²) in [6.45, 7) is 0. The summed E-state index contributed by atoms with van der Waals surface area (Å²) in [7, 11) is 1.67. The Bertz CT molecular complexity index is 762. The smallest absolute Gasteiger partial charge is 0.119 e. The van der Waals surface area contributed by atoms with E-state index in [9.17, 15) is 0 Å². The molecule has 2 heteroatoms. The van der Waals surface area contributed by atoms with Crippen LogP contribution in [0, 0.1) is 0 Å². The number of nitrogens with one attached hydrogen (secondary N) is 1. The normalized spacial score (nSPS) is 11.1. The molecule has 3 rings (SSSR count). The number of ether oxygens (including phenoxy) is 1. The molecule has 23 heavy (non-hydrogen) atoms. The molecule has 0 radical (unpaired) electrons. The topological polar surface area (TPSA) is 21.3 Å². The van der Waals surface area contributed by atoms with E-state index >= 15 is 0 Å². The number of hydrogen-bond acceptors (Lipinski definition) is 2. The summed E-state index contributed by atoms with van der Waals surface area (Å²) in [6, 6.07) is 28.6. The van der Waals surface area contributed by atoms with Crippen molar-refractivity contribution in [3.05, 3.63) is 96.1 Å². The van der Waals surface area contributed by atoms with Gasteiger partial charge < -0.3 is 10.1 Å². The van der Waals surface area contributed by atoms with Gasteiger partial charge in [-0.2, -0.15) is 0 Å². The van der Waals surface area contributed by atoms with Crippen LogP contribution in [-0.4, -0.2) is 7.11 Å². The predicted octanol–water partition coefficient (Wildman–Crippen LogP) is 5.31. The van der Waals surface area contributed by atoms with Gasteiger partial charge in [0.1, 0.15) is 5.75 Å². The van der Waals surface area contributed by atoms with Gasteiger partial charge in [-0.1, -0.05) is 60.7 Å². The lowest BCUT2D eigenvalue weighted by molar-refractivity contribution is 0.415. The Labute approximate surface area is 137 Å². The summed E-state index contributed by atoms with van der Waals surface area (Å²) < 4.78 is 5.21. The first-order valence-electron chi connectivity index (χ1n) is 7.58. The molecule has 0 amide bonds. The van der Waals surface area contributed by atoms with Gasteiger partial charge in [0.2, 0.25) is 0 Å². The maximum Gasteiger partial charge on any atom is 0.119 e. The highest BCUT2D eigenvalue weighted by atomic mass is 16.5. The van der Waals surface area contributed by atoms with Crippen LogP contribution in [-0.2, 0) is 0 Å². The molecule has 0 unspecified atom stereocenters. The van der Waals surface area contributed by atoms with E-state index in [1.807, 2.05) is 60.7 Å². The van der Waals surface area contributed by atoms with E-state index in [1.54, 1.807) is 7.11 Å². The van der Waals surface area contributed by atoms with Gasteiger partial charge >= 0.3 is 0 Å². The standard InChI is InChI=1S/C21H19NO/c1-23-20-14-12-19(13-15-20)22-21(18-10-6-3-7-11-18)16-17-8-4-2-5-9-17/h2-16,22H,1H3/b21-16-. The Morgan fingerprint density at radius 1 is 0.783 bits per heavy atom. The van der Waals surface area contributed by atoms with Crippen molar-refractivity contribution >= 4 is 17.5 Å². The predicted molar refractivity (Wildman–Crippen MR) is 97.4 cm³/mol. The fourth-order valence-corrected chi connectivity index (χ4v) is 2.36. The molecule has 0 spiro atoms. The van der Waals surface area contributed by atoms with Crippen LogP contribution in [0.4, 0.5) is 5.69 Å². The van der Waals surface area contributed by atoms with Crippen molar-refractivity contribution in [2.75, 3.05) is 12.4 Å². The zero-order valence-electron chi connectivity index (χ0n) is 13.1. The second-order valence-electron chi connectivity index (χ2n) is 5.19. The molecule has 1 N–H and O–H groups in total. The highest BCUT2D eigenvalue weighted by molar-refractivity contribution is 5.88. The number of rotatable bonds is 5.